The molecule has 0 aliphatic heterocycles. The van der Waals surface area contributed by atoms with E-state index in [4.69, 9.17) is 0 Å². The lowest BCUT2D eigenvalue weighted by Crippen LogP contribution is -2.14. The number of halogens is 2. The maximum absolute atomic E-state index is 13.8. The predicted octanol–water partition coefficient (Wildman–Crippen LogP) is 4.16. The van der Waals surface area contributed by atoms with Gasteiger partial charge in [-0.3, -0.25) is 30.3 Å². The van der Waals surface area contributed by atoms with Gasteiger partial charge in [0.05, 0.1) is 21.6 Å². The summed E-state index contributed by atoms with van der Waals surface area (Å²) >= 11 is 0.921. The molecule has 2 aromatic carbocycles. The number of thiazole rings is 1. The highest BCUT2D eigenvalue weighted by atomic mass is 32.1. The lowest BCUT2D eigenvalue weighted by atomic mass is 10.1. The Balaban J connectivity index is 1.87. The van der Waals surface area contributed by atoms with Gasteiger partial charge in [0.1, 0.15) is 17.2 Å². The first-order valence-electron chi connectivity index (χ1n) is 7.41. The summed E-state index contributed by atoms with van der Waals surface area (Å²) < 4.78 is 26.8. The molecule has 0 saturated heterocycles. The molecule has 142 valence electrons. The van der Waals surface area contributed by atoms with Crippen molar-refractivity contribution in [2.45, 2.75) is 0 Å². The summed E-state index contributed by atoms with van der Waals surface area (Å²) in [6, 6.07) is 5.52. The molecule has 0 radical (unpaired) electrons. The lowest BCUT2D eigenvalue weighted by Gasteiger charge is -2.03. The summed E-state index contributed by atoms with van der Waals surface area (Å²) in [7, 11) is 0. The molecule has 0 atom stereocenters. The van der Waals surface area contributed by atoms with E-state index in [9.17, 15) is 33.8 Å². The molecule has 0 spiro atoms. The molecule has 1 aromatic heterocycles. The van der Waals surface area contributed by atoms with Crippen molar-refractivity contribution in [1.82, 2.24) is 4.98 Å². The van der Waals surface area contributed by atoms with Crippen LogP contribution in [0.1, 0.15) is 10.4 Å². The predicted molar refractivity (Wildman–Crippen MR) is 95.2 cm³/mol. The summed E-state index contributed by atoms with van der Waals surface area (Å²) in [4.78, 5) is 36.5. The number of hydrogen-bond acceptors (Lipinski definition) is 7. The fourth-order valence-corrected chi connectivity index (χ4v) is 3.00. The van der Waals surface area contributed by atoms with Crippen LogP contribution in [0.3, 0.4) is 0 Å². The van der Waals surface area contributed by atoms with Crippen LogP contribution in [0.15, 0.2) is 41.8 Å². The smallest absolute Gasteiger partial charge is 0.289 e. The van der Waals surface area contributed by atoms with Crippen LogP contribution in [0, 0.1) is 31.9 Å². The molecule has 1 heterocycles. The highest BCUT2D eigenvalue weighted by molar-refractivity contribution is 7.14. The molecule has 0 bridgehead atoms. The number of non-ortho nitro benzene ring substituents is 1. The largest absolute Gasteiger partial charge is 0.298 e. The zero-order chi connectivity index (χ0) is 20.4. The van der Waals surface area contributed by atoms with Crippen LogP contribution in [0.4, 0.5) is 25.3 Å². The van der Waals surface area contributed by atoms with E-state index in [0.29, 0.717) is 12.1 Å². The van der Waals surface area contributed by atoms with Crippen molar-refractivity contribution >= 4 is 33.8 Å². The van der Waals surface area contributed by atoms with E-state index in [0.717, 1.165) is 29.5 Å². The number of nitro benzene ring substituents is 2. The van der Waals surface area contributed by atoms with Gasteiger partial charge >= 0.3 is 0 Å². The van der Waals surface area contributed by atoms with Crippen LogP contribution in [-0.4, -0.2) is 20.7 Å². The third-order valence-electron chi connectivity index (χ3n) is 3.57. The number of carbonyl (C=O) groups is 1. The van der Waals surface area contributed by atoms with Gasteiger partial charge in [0.15, 0.2) is 5.13 Å². The summed E-state index contributed by atoms with van der Waals surface area (Å²) in [5, 5.41) is 25.6. The minimum Gasteiger partial charge on any atom is -0.298 e. The Labute approximate surface area is 158 Å². The Morgan fingerprint density at radius 3 is 2.46 bits per heavy atom. The number of nitrogens with one attached hydrogen (secondary N) is 1. The number of carbonyl (C=O) groups excluding carboxylic acids is 1. The molecule has 1 N–H and O–H groups in total. The van der Waals surface area contributed by atoms with Crippen molar-refractivity contribution in [2.24, 2.45) is 0 Å². The zero-order valence-corrected chi connectivity index (χ0v) is 14.4. The lowest BCUT2D eigenvalue weighted by molar-refractivity contribution is -0.394. The second-order valence-corrected chi connectivity index (χ2v) is 6.19. The Kier molecular flexibility index (Phi) is 5.04. The normalized spacial score (nSPS) is 10.5. The summed E-state index contributed by atoms with van der Waals surface area (Å²) in [6.45, 7) is 0. The van der Waals surface area contributed by atoms with E-state index in [1.54, 1.807) is 0 Å². The summed E-state index contributed by atoms with van der Waals surface area (Å²) in [5.74, 6) is -2.51. The maximum Gasteiger partial charge on any atom is 0.289 e. The Morgan fingerprint density at radius 2 is 1.82 bits per heavy atom. The first kappa shape index (κ1) is 19.0. The van der Waals surface area contributed by atoms with Crippen molar-refractivity contribution in [1.29, 1.82) is 0 Å². The highest BCUT2D eigenvalue weighted by Crippen LogP contribution is 2.29. The third kappa shape index (κ3) is 3.81. The van der Waals surface area contributed by atoms with Gasteiger partial charge in [0.2, 0.25) is 0 Å². The molecule has 3 aromatic rings. The molecule has 0 aliphatic rings. The first-order chi connectivity index (χ1) is 13.3. The topological polar surface area (TPSA) is 128 Å². The van der Waals surface area contributed by atoms with Crippen LogP contribution < -0.4 is 5.32 Å². The quantitative estimate of drug-likeness (QED) is 0.500. The van der Waals surface area contributed by atoms with Gasteiger partial charge in [-0.15, -0.1) is 11.3 Å². The molecule has 3 rings (SSSR count). The van der Waals surface area contributed by atoms with Crippen LogP contribution in [0.2, 0.25) is 0 Å². The standard InChI is InChI=1S/C16H8F2N4O5S/c17-8-1-3-10(12(18)5-8)13-7-28-16(19-13)20-15(23)11-4-2-9(21(24)25)6-14(11)22(26)27/h1-7H,(H,19,20,23). The molecule has 0 saturated carbocycles. The molecule has 12 heteroatoms. The van der Waals surface area contributed by atoms with Crippen LogP contribution in [-0.2, 0) is 0 Å². The van der Waals surface area contributed by atoms with E-state index in [-0.39, 0.29) is 16.4 Å². The summed E-state index contributed by atoms with van der Waals surface area (Å²) in [6.07, 6.45) is 0. The van der Waals surface area contributed by atoms with E-state index in [1.807, 2.05) is 0 Å². The Morgan fingerprint density at radius 1 is 1.07 bits per heavy atom. The van der Waals surface area contributed by atoms with Crippen LogP contribution in [0.5, 0.6) is 0 Å². The molecule has 9 nitrogen and oxygen atoms in total. The fourth-order valence-electron chi connectivity index (χ4n) is 2.29. The van der Waals surface area contributed by atoms with Gasteiger partial charge < -0.3 is 0 Å². The fraction of sp³-hybridized carbons (Fsp3) is 0. The van der Waals surface area contributed by atoms with Crippen LogP contribution in [0.25, 0.3) is 11.3 Å². The third-order valence-corrected chi connectivity index (χ3v) is 4.32. The number of rotatable bonds is 5. The van der Waals surface area contributed by atoms with Gasteiger partial charge in [-0.25, -0.2) is 13.8 Å². The van der Waals surface area contributed by atoms with E-state index >= 15 is 0 Å². The monoisotopic (exact) mass is 406 g/mol. The molecule has 0 aliphatic carbocycles. The van der Waals surface area contributed by atoms with Crippen molar-refractivity contribution in [3.63, 3.8) is 0 Å². The van der Waals surface area contributed by atoms with Crippen molar-refractivity contribution in [3.8, 4) is 11.3 Å². The maximum atomic E-state index is 13.8. The number of benzene rings is 2. The zero-order valence-electron chi connectivity index (χ0n) is 13.6. The van der Waals surface area contributed by atoms with Gasteiger partial charge in [-0.05, 0) is 18.2 Å². The number of aromatic nitrogens is 1. The van der Waals surface area contributed by atoms with Crippen molar-refractivity contribution in [2.75, 3.05) is 5.32 Å². The molecule has 28 heavy (non-hydrogen) atoms. The number of hydrogen-bond donors (Lipinski definition) is 1. The number of amides is 1. The molecule has 0 fully saturated rings. The van der Waals surface area contributed by atoms with E-state index in [1.165, 1.54) is 11.4 Å². The number of nitrogens with zero attached hydrogens (tertiary/aromatic N) is 3. The first-order valence-corrected chi connectivity index (χ1v) is 8.29. The van der Waals surface area contributed by atoms with E-state index < -0.39 is 44.3 Å². The number of anilines is 1. The average molecular weight is 406 g/mol. The Bertz CT molecular complexity index is 1120. The molecular weight excluding hydrogens is 398 g/mol. The minimum atomic E-state index is -0.915. The van der Waals surface area contributed by atoms with Gasteiger partial charge in [0.25, 0.3) is 17.3 Å². The van der Waals surface area contributed by atoms with Gasteiger partial charge in [-0.1, -0.05) is 0 Å². The number of nitro groups is 2. The van der Waals surface area contributed by atoms with E-state index in [2.05, 4.69) is 10.3 Å². The summed E-state index contributed by atoms with van der Waals surface area (Å²) in [5.41, 5.74) is -1.53. The van der Waals surface area contributed by atoms with Gasteiger partial charge in [0, 0.05) is 23.1 Å². The molecule has 1 amide bonds. The second kappa shape index (κ2) is 7.44. The van der Waals surface area contributed by atoms with Crippen LogP contribution >= 0.6 is 11.3 Å². The SMILES string of the molecule is O=C(Nc1nc(-c2ccc(F)cc2F)cs1)c1ccc([N+](=O)[O-])cc1[N+](=O)[O-]. The molecule has 0 unspecified atom stereocenters. The molecular formula is C16H8F2N4O5S. The minimum absolute atomic E-state index is 0.0105. The van der Waals surface area contributed by atoms with Gasteiger partial charge in [-0.2, -0.15) is 0 Å². The second-order valence-electron chi connectivity index (χ2n) is 5.33. The average Bonchev–Trinajstić information content (AvgIpc) is 3.09. The Hall–Kier alpha value is -3.80. The highest BCUT2D eigenvalue weighted by Gasteiger charge is 2.24. The van der Waals surface area contributed by atoms with Crippen molar-refractivity contribution in [3.05, 3.63) is 79.2 Å². The van der Waals surface area contributed by atoms with Crippen molar-refractivity contribution < 1.29 is 23.4 Å².